The summed E-state index contributed by atoms with van der Waals surface area (Å²) in [6.07, 6.45) is -0.803. The molecule has 1 amide bonds. The molecule has 1 aliphatic rings. The van der Waals surface area contributed by atoms with Gasteiger partial charge >= 0.3 is 0 Å². The van der Waals surface area contributed by atoms with Crippen molar-refractivity contribution in [1.82, 2.24) is 35.7 Å². The van der Waals surface area contributed by atoms with Gasteiger partial charge in [-0.1, -0.05) is 13.8 Å². The number of benzene rings is 1. The van der Waals surface area contributed by atoms with Crippen molar-refractivity contribution in [2.75, 3.05) is 24.5 Å². The third-order valence-electron chi connectivity index (χ3n) is 5.44. The second kappa shape index (κ2) is 9.51. The van der Waals surface area contributed by atoms with Crippen LogP contribution in [0.15, 0.2) is 30.5 Å². The van der Waals surface area contributed by atoms with E-state index < -0.39 is 24.2 Å². The number of nitrogens with zero attached hydrogens (tertiary/aromatic N) is 7. The van der Waals surface area contributed by atoms with Crippen LogP contribution in [-0.4, -0.2) is 73.7 Å². The van der Waals surface area contributed by atoms with E-state index in [9.17, 15) is 13.6 Å². The minimum Gasteiger partial charge on any atom is -0.367 e. The molecule has 33 heavy (non-hydrogen) atoms. The van der Waals surface area contributed by atoms with E-state index in [4.69, 9.17) is 0 Å². The van der Waals surface area contributed by atoms with Crippen LogP contribution >= 0.6 is 0 Å². The van der Waals surface area contributed by atoms with E-state index in [0.717, 1.165) is 10.5 Å². The van der Waals surface area contributed by atoms with Gasteiger partial charge in [-0.2, -0.15) is 10.3 Å². The minimum absolute atomic E-state index is 0.00550. The van der Waals surface area contributed by atoms with Crippen molar-refractivity contribution in [1.29, 1.82) is 0 Å². The summed E-state index contributed by atoms with van der Waals surface area (Å²) in [5.74, 6) is -0.879. The first kappa shape index (κ1) is 22.6. The first-order valence-corrected chi connectivity index (χ1v) is 10.5. The predicted octanol–water partition coefficient (Wildman–Crippen LogP) is 2.59. The Morgan fingerprint density at radius 1 is 1.24 bits per heavy atom. The lowest BCUT2D eigenvalue weighted by atomic mass is 9.98. The Kier molecular flexibility index (Phi) is 6.52. The highest BCUT2D eigenvalue weighted by atomic mass is 19.3. The number of rotatable bonds is 6. The lowest BCUT2D eigenvalue weighted by Crippen LogP contribution is -2.58. The first-order valence-electron chi connectivity index (χ1n) is 10.5. The van der Waals surface area contributed by atoms with Crippen LogP contribution in [0.2, 0.25) is 0 Å². The highest BCUT2D eigenvalue weighted by Gasteiger charge is 2.38. The molecule has 0 bridgehead atoms. The van der Waals surface area contributed by atoms with Gasteiger partial charge in [-0.15, -0.1) is 15.3 Å². The fourth-order valence-corrected chi connectivity index (χ4v) is 4.03. The van der Waals surface area contributed by atoms with Gasteiger partial charge in [0, 0.05) is 25.8 Å². The molecule has 0 unspecified atom stereocenters. The second-order valence-electron chi connectivity index (χ2n) is 8.26. The standard InChI is InChI=1S/C21H23F3N8O/c1-12(2)8-13-9-14(22)18(20-27-29-30-28-20)16(10-13)31-6-7-32(17(11-31)19(23)24)21(33)15-4-3-5-25-26-15/h3-5,9-10,12,17,19H,6-8,11H2,1-2H3,(H,27,28,29,30)/t17-/m1/s1. The topological polar surface area (TPSA) is 104 Å². The number of H-pyrrole nitrogens is 1. The highest BCUT2D eigenvalue weighted by Crippen LogP contribution is 2.35. The molecule has 0 aliphatic carbocycles. The van der Waals surface area contributed by atoms with Gasteiger partial charge in [0.05, 0.1) is 11.3 Å². The quantitative estimate of drug-likeness (QED) is 0.603. The van der Waals surface area contributed by atoms with E-state index >= 15 is 4.39 Å². The lowest BCUT2D eigenvalue weighted by molar-refractivity contribution is 0.0169. The van der Waals surface area contributed by atoms with Gasteiger partial charge in [0.1, 0.15) is 11.9 Å². The van der Waals surface area contributed by atoms with Crippen LogP contribution in [0.4, 0.5) is 18.9 Å². The van der Waals surface area contributed by atoms with Gasteiger partial charge in [0.2, 0.25) is 5.82 Å². The van der Waals surface area contributed by atoms with Crippen molar-refractivity contribution < 1.29 is 18.0 Å². The molecule has 1 aromatic carbocycles. The Morgan fingerprint density at radius 2 is 2.06 bits per heavy atom. The highest BCUT2D eigenvalue weighted by molar-refractivity contribution is 5.92. The summed E-state index contributed by atoms with van der Waals surface area (Å²) in [7, 11) is 0. The number of tetrazole rings is 1. The molecule has 1 N–H and O–H groups in total. The van der Waals surface area contributed by atoms with E-state index in [0.29, 0.717) is 12.1 Å². The molecule has 1 fully saturated rings. The smallest absolute Gasteiger partial charge is 0.274 e. The number of carbonyl (C=O) groups is 1. The number of halogens is 3. The third-order valence-corrected chi connectivity index (χ3v) is 5.44. The van der Waals surface area contributed by atoms with Gasteiger partial charge in [-0.25, -0.2) is 13.2 Å². The molecule has 3 heterocycles. The number of carbonyl (C=O) groups excluding carboxylic acids is 1. The number of nitrogens with one attached hydrogen (secondary N) is 1. The number of hydrogen-bond donors (Lipinski definition) is 1. The van der Waals surface area contributed by atoms with Crippen LogP contribution in [0.3, 0.4) is 0 Å². The second-order valence-corrected chi connectivity index (χ2v) is 8.26. The SMILES string of the molecule is CC(C)Cc1cc(F)c(-c2nn[nH]n2)c(N2CCN(C(=O)c3cccnn3)[C@@H](C(F)F)C2)c1. The Labute approximate surface area is 188 Å². The maximum atomic E-state index is 15.2. The number of piperazine rings is 1. The Hall–Kier alpha value is -3.57. The van der Waals surface area contributed by atoms with Gasteiger partial charge in [-0.05, 0) is 47.4 Å². The van der Waals surface area contributed by atoms with E-state index in [-0.39, 0.29) is 42.6 Å². The monoisotopic (exact) mass is 460 g/mol. The minimum atomic E-state index is -2.81. The van der Waals surface area contributed by atoms with Crippen molar-refractivity contribution in [3.63, 3.8) is 0 Å². The summed E-state index contributed by atoms with van der Waals surface area (Å²) in [6, 6.07) is 4.73. The van der Waals surface area contributed by atoms with Crippen LogP contribution in [0, 0.1) is 11.7 Å². The van der Waals surface area contributed by atoms with Crippen molar-refractivity contribution in [2.45, 2.75) is 32.7 Å². The number of amides is 1. The third kappa shape index (κ3) is 4.78. The van der Waals surface area contributed by atoms with Crippen LogP contribution in [0.1, 0.15) is 29.9 Å². The summed E-state index contributed by atoms with van der Waals surface area (Å²) in [6.45, 7) is 4.04. The van der Waals surface area contributed by atoms with E-state index in [2.05, 4.69) is 30.8 Å². The molecule has 3 aromatic rings. The summed E-state index contributed by atoms with van der Waals surface area (Å²) in [5, 5.41) is 21.0. The van der Waals surface area contributed by atoms with Crippen LogP contribution in [0.5, 0.6) is 0 Å². The molecule has 1 aliphatic heterocycles. The molecule has 2 aromatic heterocycles. The van der Waals surface area contributed by atoms with Crippen molar-refractivity contribution in [2.24, 2.45) is 5.92 Å². The zero-order chi connectivity index (χ0) is 23.5. The fourth-order valence-electron chi connectivity index (χ4n) is 4.03. The molecule has 174 valence electrons. The lowest BCUT2D eigenvalue weighted by Gasteiger charge is -2.42. The van der Waals surface area contributed by atoms with Gasteiger partial charge < -0.3 is 9.80 Å². The molecular formula is C21H23F3N8O. The molecule has 0 spiro atoms. The summed E-state index contributed by atoms with van der Waals surface area (Å²) < 4.78 is 43.3. The average Bonchev–Trinajstić information content (AvgIpc) is 3.32. The van der Waals surface area contributed by atoms with E-state index in [1.54, 1.807) is 11.0 Å². The largest absolute Gasteiger partial charge is 0.367 e. The van der Waals surface area contributed by atoms with Crippen LogP contribution in [-0.2, 0) is 6.42 Å². The van der Waals surface area contributed by atoms with Crippen molar-refractivity contribution >= 4 is 11.6 Å². The van der Waals surface area contributed by atoms with E-state index in [1.165, 1.54) is 24.4 Å². The maximum Gasteiger partial charge on any atom is 0.274 e. The Morgan fingerprint density at radius 3 is 2.70 bits per heavy atom. The summed E-state index contributed by atoms with van der Waals surface area (Å²) in [5.41, 5.74) is 1.20. The summed E-state index contributed by atoms with van der Waals surface area (Å²) in [4.78, 5) is 15.6. The van der Waals surface area contributed by atoms with Crippen LogP contribution < -0.4 is 4.90 Å². The zero-order valence-corrected chi connectivity index (χ0v) is 18.1. The molecule has 0 radical (unpaired) electrons. The number of aromatic amines is 1. The number of hydrogen-bond acceptors (Lipinski definition) is 7. The van der Waals surface area contributed by atoms with Crippen molar-refractivity contribution in [3.05, 3.63) is 47.5 Å². The van der Waals surface area contributed by atoms with Crippen LogP contribution in [0.25, 0.3) is 11.4 Å². The average molecular weight is 460 g/mol. The Balaban J connectivity index is 1.69. The molecular weight excluding hydrogens is 437 g/mol. The zero-order valence-electron chi connectivity index (χ0n) is 18.1. The normalized spacial score (nSPS) is 16.6. The first-order chi connectivity index (χ1) is 15.8. The van der Waals surface area contributed by atoms with Gasteiger partial charge in [-0.3, -0.25) is 4.79 Å². The molecule has 4 rings (SSSR count). The maximum absolute atomic E-state index is 15.2. The number of anilines is 1. The number of alkyl halides is 2. The predicted molar refractivity (Wildman–Crippen MR) is 113 cm³/mol. The van der Waals surface area contributed by atoms with E-state index in [1.807, 2.05) is 13.8 Å². The molecule has 12 heteroatoms. The number of aromatic nitrogens is 6. The van der Waals surface area contributed by atoms with Crippen molar-refractivity contribution in [3.8, 4) is 11.4 Å². The van der Waals surface area contributed by atoms with Gasteiger partial charge in [0.25, 0.3) is 12.3 Å². The Bertz CT molecular complexity index is 1090. The molecule has 1 atom stereocenters. The van der Waals surface area contributed by atoms with Gasteiger partial charge in [0.15, 0.2) is 5.69 Å². The molecule has 9 nitrogen and oxygen atoms in total. The summed E-state index contributed by atoms with van der Waals surface area (Å²) >= 11 is 0. The fraction of sp³-hybridized carbons (Fsp3) is 0.429. The molecule has 1 saturated heterocycles. The molecule has 0 saturated carbocycles.